The maximum Gasteiger partial charge on any atom is 0.327 e. The molecule has 0 atom stereocenters. The van der Waals surface area contributed by atoms with E-state index >= 15 is 0 Å². The highest BCUT2D eigenvalue weighted by molar-refractivity contribution is 5.79. The fourth-order valence-corrected chi connectivity index (χ4v) is 0.231. The number of carboxylic acids is 2. The van der Waals surface area contributed by atoms with Crippen LogP contribution in [0.3, 0.4) is 0 Å². The van der Waals surface area contributed by atoms with Gasteiger partial charge in [-0.1, -0.05) is 13.2 Å². The minimum absolute atomic E-state index is 0.0278. The van der Waals surface area contributed by atoms with E-state index in [1.165, 1.54) is 0 Å². The van der Waals surface area contributed by atoms with Crippen molar-refractivity contribution in [3.8, 4) is 0 Å². The van der Waals surface area contributed by atoms with Crippen LogP contribution in [0.2, 0.25) is 0 Å². The second kappa shape index (κ2) is 19.8. The number of carboxylic acid groups (broad SMARTS) is 2. The van der Waals surface area contributed by atoms with Gasteiger partial charge in [0.1, 0.15) is 0 Å². The fraction of sp³-hybridized carbons (Fsp3) is 0.400. The summed E-state index contributed by atoms with van der Waals surface area (Å²) in [5.41, 5.74) is 0. The Morgan fingerprint density at radius 3 is 1.29 bits per heavy atom. The largest absolute Gasteiger partial charge is 0.478 e. The molecule has 0 aromatic rings. The Hall–Kier alpha value is -1.70. The van der Waals surface area contributed by atoms with Crippen molar-refractivity contribution in [3.05, 3.63) is 25.3 Å². The monoisotopic (exact) mass is 250 g/mol. The molecule has 0 aliphatic rings. The Bertz CT molecular complexity index is 191. The lowest BCUT2D eigenvalue weighted by Gasteiger charge is -1.94. The summed E-state index contributed by atoms with van der Waals surface area (Å²) in [6.07, 6.45) is 1.67. The quantitative estimate of drug-likeness (QED) is 0.370. The molecular formula is C10H18O7. The zero-order valence-corrected chi connectivity index (χ0v) is 9.41. The average Bonchev–Trinajstić information content (AvgIpc) is 2.31. The van der Waals surface area contributed by atoms with Crippen LogP contribution >= 0.6 is 0 Å². The van der Waals surface area contributed by atoms with Crippen LogP contribution in [-0.4, -0.2) is 58.8 Å². The number of aliphatic hydroxyl groups excluding tert-OH is 2. The summed E-state index contributed by atoms with van der Waals surface area (Å²) in [5, 5.41) is 31.4. The van der Waals surface area contributed by atoms with E-state index in [4.69, 9.17) is 20.4 Å². The molecule has 7 nitrogen and oxygen atoms in total. The van der Waals surface area contributed by atoms with Crippen LogP contribution in [-0.2, 0) is 14.3 Å². The smallest absolute Gasteiger partial charge is 0.327 e. The number of ether oxygens (including phenoxy) is 1. The van der Waals surface area contributed by atoms with Crippen LogP contribution in [0.1, 0.15) is 0 Å². The van der Waals surface area contributed by atoms with Crippen molar-refractivity contribution in [1.82, 2.24) is 0 Å². The number of aliphatic carboxylic acids is 2. The average molecular weight is 250 g/mol. The van der Waals surface area contributed by atoms with Gasteiger partial charge in [-0.25, -0.2) is 9.59 Å². The third-order valence-corrected chi connectivity index (χ3v) is 0.820. The third-order valence-electron chi connectivity index (χ3n) is 0.820. The Balaban J connectivity index is -0.000000177. The lowest BCUT2D eigenvalue weighted by Crippen LogP contribution is -2.03. The molecule has 0 aromatic carbocycles. The molecule has 0 fully saturated rings. The predicted octanol–water partition coefficient (Wildman–Crippen LogP) is -0.498. The molecule has 0 aromatic heterocycles. The van der Waals surface area contributed by atoms with Crippen molar-refractivity contribution in [3.63, 3.8) is 0 Å². The highest BCUT2D eigenvalue weighted by atomic mass is 16.5. The minimum atomic E-state index is -0.981. The second-order valence-electron chi connectivity index (χ2n) is 2.14. The molecule has 0 saturated carbocycles. The summed E-state index contributed by atoms with van der Waals surface area (Å²) in [5.74, 6) is -1.96. The lowest BCUT2D eigenvalue weighted by atomic mass is 10.7. The fourth-order valence-electron chi connectivity index (χ4n) is 0.231. The summed E-state index contributed by atoms with van der Waals surface area (Å²) >= 11 is 0. The first-order valence-corrected chi connectivity index (χ1v) is 4.46. The SMILES string of the molecule is C=CC(=O)O.C=CC(=O)O.OCCOCCO. The molecular weight excluding hydrogens is 232 g/mol. The Morgan fingerprint density at radius 1 is 0.941 bits per heavy atom. The van der Waals surface area contributed by atoms with Gasteiger partial charge >= 0.3 is 11.9 Å². The topological polar surface area (TPSA) is 124 Å². The summed E-state index contributed by atoms with van der Waals surface area (Å²) < 4.78 is 4.63. The number of hydrogen-bond acceptors (Lipinski definition) is 5. The highest BCUT2D eigenvalue weighted by Gasteiger charge is 1.79. The van der Waals surface area contributed by atoms with Gasteiger partial charge in [-0.2, -0.15) is 0 Å². The molecule has 0 bridgehead atoms. The van der Waals surface area contributed by atoms with Crippen molar-refractivity contribution in [2.75, 3.05) is 26.4 Å². The Morgan fingerprint density at radius 2 is 1.18 bits per heavy atom. The van der Waals surface area contributed by atoms with Crippen molar-refractivity contribution in [2.24, 2.45) is 0 Å². The molecule has 100 valence electrons. The van der Waals surface area contributed by atoms with Crippen molar-refractivity contribution in [2.45, 2.75) is 0 Å². The van der Waals surface area contributed by atoms with Gasteiger partial charge in [0.25, 0.3) is 0 Å². The molecule has 0 rings (SSSR count). The van der Waals surface area contributed by atoms with E-state index in [9.17, 15) is 9.59 Å². The third kappa shape index (κ3) is 54.5. The summed E-state index contributed by atoms with van der Waals surface area (Å²) in [6, 6.07) is 0. The molecule has 0 amide bonds. The molecule has 0 saturated heterocycles. The van der Waals surface area contributed by atoms with Gasteiger partial charge in [-0.15, -0.1) is 0 Å². The molecule has 0 spiro atoms. The van der Waals surface area contributed by atoms with Crippen LogP contribution in [0.5, 0.6) is 0 Å². The van der Waals surface area contributed by atoms with E-state index in [1.54, 1.807) is 0 Å². The maximum atomic E-state index is 9.25. The zero-order chi connectivity index (χ0) is 14.1. The van der Waals surface area contributed by atoms with Crippen LogP contribution in [0.25, 0.3) is 0 Å². The summed E-state index contributed by atoms with van der Waals surface area (Å²) in [6.45, 7) is 6.62. The first-order chi connectivity index (χ1) is 7.95. The maximum absolute atomic E-state index is 9.25. The predicted molar refractivity (Wildman–Crippen MR) is 60.7 cm³/mol. The van der Waals surface area contributed by atoms with Gasteiger partial charge in [0.2, 0.25) is 0 Å². The van der Waals surface area contributed by atoms with Crippen LogP contribution in [0, 0.1) is 0 Å². The summed E-state index contributed by atoms with van der Waals surface area (Å²) in [7, 11) is 0. The van der Waals surface area contributed by atoms with Crippen LogP contribution in [0.4, 0.5) is 0 Å². The summed E-state index contributed by atoms with van der Waals surface area (Å²) in [4.78, 5) is 18.5. The molecule has 0 radical (unpaired) electrons. The molecule has 0 aliphatic carbocycles. The number of hydrogen-bond donors (Lipinski definition) is 4. The molecule has 0 unspecified atom stereocenters. The van der Waals surface area contributed by atoms with Gasteiger partial charge in [-0.05, 0) is 0 Å². The lowest BCUT2D eigenvalue weighted by molar-refractivity contribution is -0.132. The molecule has 7 heteroatoms. The Labute approximate surface area is 99.3 Å². The number of carbonyl (C=O) groups is 2. The van der Waals surface area contributed by atoms with Gasteiger partial charge in [-0.3, -0.25) is 0 Å². The van der Waals surface area contributed by atoms with Gasteiger partial charge < -0.3 is 25.2 Å². The van der Waals surface area contributed by atoms with Crippen LogP contribution < -0.4 is 0 Å². The standard InChI is InChI=1S/C4H10O3.2C3H4O2/c5-1-3-7-4-2-6;2*1-2-3(4)5/h5-6H,1-4H2;2*2H,1H2,(H,4,5). The first kappa shape index (κ1) is 20.7. The molecule has 17 heavy (non-hydrogen) atoms. The van der Waals surface area contributed by atoms with Crippen molar-refractivity contribution >= 4 is 11.9 Å². The van der Waals surface area contributed by atoms with Gasteiger partial charge in [0.05, 0.1) is 26.4 Å². The number of aliphatic hydroxyl groups is 2. The van der Waals surface area contributed by atoms with E-state index in [0.29, 0.717) is 13.2 Å². The first-order valence-electron chi connectivity index (χ1n) is 4.46. The van der Waals surface area contributed by atoms with E-state index < -0.39 is 11.9 Å². The van der Waals surface area contributed by atoms with Crippen LogP contribution in [0.15, 0.2) is 25.3 Å². The van der Waals surface area contributed by atoms with Crippen molar-refractivity contribution < 1.29 is 34.8 Å². The number of rotatable bonds is 6. The Kier molecular flexibility index (Phi) is 24.1. The van der Waals surface area contributed by atoms with E-state index in [2.05, 4.69) is 17.9 Å². The highest BCUT2D eigenvalue weighted by Crippen LogP contribution is 1.68. The van der Waals surface area contributed by atoms with Gasteiger partial charge in [0.15, 0.2) is 0 Å². The van der Waals surface area contributed by atoms with Crippen molar-refractivity contribution in [1.29, 1.82) is 0 Å². The minimum Gasteiger partial charge on any atom is -0.478 e. The zero-order valence-electron chi connectivity index (χ0n) is 9.41. The molecule has 4 N–H and O–H groups in total. The molecule has 0 heterocycles. The van der Waals surface area contributed by atoms with E-state index in [0.717, 1.165) is 12.2 Å². The second-order valence-corrected chi connectivity index (χ2v) is 2.14. The van der Waals surface area contributed by atoms with E-state index in [-0.39, 0.29) is 13.2 Å². The van der Waals surface area contributed by atoms with Gasteiger partial charge in [0, 0.05) is 12.2 Å². The normalized spacial score (nSPS) is 7.65. The van der Waals surface area contributed by atoms with E-state index in [1.807, 2.05) is 0 Å². The molecule has 0 aliphatic heterocycles.